The van der Waals surface area contributed by atoms with Crippen LogP contribution >= 0.6 is 0 Å². The Labute approximate surface area is 126 Å². The Balaban J connectivity index is 2.02. The van der Waals surface area contributed by atoms with Crippen LogP contribution in [0.4, 0.5) is 0 Å². The van der Waals surface area contributed by atoms with Crippen LogP contribution in [0.1, 0.15) is 32.3 Å². The number of nitriles is 1. The Morgan fingerprint density at radius 3 is 2.48 bits per heavy atom. The Morgan fingerprint density at radius 2 is 2.00 bits per heavy atom. The number of carbonyl (C=O) groups is 1. The van der Waals surface area contributed by atoms with Gasteiger partial charge >= 0.3 is 5.97 Å². The molecule has 21 heavy (non-hydrogen) atoms. The highest BCUT2D eigenvalue weighted by atomic mass is 16.5. The lowest BCUT2D eigenvalue weighted by Crippen LogP contribution is -2.56. The van der Waals surface area contributed by atoms with Crippen molar-refractivity contribution in [2.24, 2.45) is 5.92 Å². The first-order chi connectivity index (χ1) is 10.0. The fourth-order valence-electron chi connectivity index (χ4n) is 2.96. The van der Waals surface area contributed by atoms with Crippen molar-refractivity contribution in [2.75, 3.05) is 7.11 Å². The second-order valence-corrected chi connectivity index (χ2v) is 6.08. The Bertz CT molecular complexity index is 527. The minimum absolute atomic E-state index is 0.159. The number of esters is 1. The molecule has 0 radical (unpaired) electrons. The molecular formula is C17H22N2O2. The molecule has 0 aromatic heterocycles. The van der Waals surface area contributed by atoms with E-state index in [1.54, 1.807) is 0 Å². The number of nitrogens with one attached hydrogen (secondary N) is 1. The first-order valence-corrected chi connectivity index (χ1v) is 7.33. The summed E-state index contributed by atoms with van der Waals surface area (Å²) in [6.07, 6.45) is 1.46. The minimum Gasteiger partial charge on any atom is -0.468 e. The summed E-state index contributed by atoms with van der Waals surface area (Å²) in [5.41, 5.74) is 0.640. The zero-order chi connectivity index (χ0) is 15.5. The average molecular weight is 286 g/mol. The molecule has 0 saturated heterocycles. The van der Waals surface area contributed by atoms with Gasteiger partial charge in [-0.3, -0.25) is 4.79 Å². The van der Waals surface area contributed by atoms with Crippen molar-refractivity contribution in [3.8, 4) is 6.07 Å². The largest absolute Gasteiger partial charge is 0.468 e. The summed E-state index contributed by atoms with van der Waals surface area (Å²) in [6, 6.07) is 12.2. The van der Waals surface area contributed by atoms with Crippen LogP contribution in [-0.2, 0) is 14.9 Å². The van der Waals surface area contributed by atoms with E-state index in [-0.39, 0.29) is 24.0 Å². The van der Waals surface area contributed by atoms with Crippen LogP contribution in [0.2, 0.25) is 0 Å². The van der Waals surface area contributed by atoms with Crippen LogP contribution in [0.5, 0.6) is 0 Å². The SMILES string of the molecule is COC(=O)[C@@H](NC1CC(C#N)(c2ccccc2)C1)C(C)C. The third kappa shape index (κ3) is 3.08. The summed E-state index contributed by atoms with van der Waals surface area (Å²) >= 11 is 0. The van der Waals surface area contributed by atoms with Crippen LogP contribution in [0.3, 0.4) is 0 Å². The normalized spacial score (nSPS) is 25.8. The number of hydrogen-bond acceptors (Lipinski definition) is 4. The maximum absolute atomic E-state index is 11.8. The first kappa shape index (κ1) is 15.5. The van der Waals surface area contributed by atoms with Gasteiger partial charge in [0, 0.05) is 6.04 Å². The molecule has 1 aliphatic rings. The van der Waals surface area contributed by atoms with Crippen LogP contribution in [-0.4, -0.2) is 25.2 Å². The van der Waals surface area contributed by atoms with E-state index >= 15 is 0 Å². The molecule has 1 aromatic rings. The second kappa shape index (κ2) is 6.28. The highest BCUT2D eigenvalue weighted by Gasteiger charge is 2.47. The van der Waals surface area contributed by atoms with Crippen LogP contribution in [0, 0.1) is 17.2 Å². The second-order valence-electron chi connectivity index (χ2n) is 6.08. The van der Waals surface area contributed by atoms with E-state index in [9.17, 15) is 10.1 Å². The van der Waals surface area contributed by atoms with Gasteiger partial charge in [0.2, 0.25) is 0 Å². The number of methoxy groups -OCH3 is 1. The average Bonchev–Trinajstić information content (AvgIpc) is 2.46. The highest BCUT2D eigenvalue weighted by Crippen LogP contribution is 2.43. The molecule has 1 aliphatic carbocycles. The molecule has 2 rings (SSSR count). The molecule has 112 valence electrons. The number of rotatable bonds is 5. The number of benzene rings is 1. The molecule has 1 aromatic carbocycles. The third-order valence-corrected chi connectivity index (χ3v) is 4.27. The molecule has 1 N–H and O–H groups in total. The van der Waals surface area contributed by atoms with Crippen molar-refractivity contribution >= 4 is 5.97 Å². The van der Waals surface area contributed by atoms with E-state index < -0.39 is 5.41 Å². The first-order valence-electron chi connectivity index (χ1n) is 7.33. The lowest BCUT2D eigenvalue weighted by molar-refractivity contribution is -0.144. The lowest BCUT2D eigenvalue weighted by atomic mass is 9.62. The Morgan fingerprint density at radius 1 is 1.38 bits per heavy atom. The topological polar surface area (TPSA) is 62.1 Å². The van der Waals surface area contributed by atoms with Crippen molar-refractivity contribution in [1.82, 2.24) is 5.32 Å². The smallest absolute Gasteiger partial charge is 0.323 e. The molecule has 0 amide bonds. The maximum Gasteiger partial charge on any atom is 0.323 e. The Hall–Kier alpha value is -1.86. The zero-order valence-electron chi connectivity index (χ0n) is 12.8. The molecular weight excluding hydrogens is 264 g/mol. The van der Waals surface area contributed by atoms with Gasteiger partial charge in [0.25, 0.3) is 0 Å². The Kier molecular flexibility index (Phi) is 4.64. The van der Waals surface area contributed by atoms with E-state index in [1.165, 1.54) is 7.11 Å². The molecule has 1 atom stereocenters. The maximum atomic E-state index is 11.8. The molecule has 0 bridgehead atoms. The van der Waals surface area contributed by atoms with Gasteiger partial charge in [-0.15, -0.1) is 0 Å². The quantitative estimate of drug-likeness (QED) is 0.844. The van der Waals surface area contributed by atoms with Crippen molar-refractivity contribution < 1.29 is 9.53 Å². The predicted octanol–water partition coefficient (Wildman–Crippen LogP) is 2.40. The highest BCUT2D eigenvalue weighted by molar-refractivity contribution is 5.76. The molecule has 0 unspecified atom stereocenters. The molecule has 4 nitrogen and oxygen atoms in total. The van der Waals surface area contributed by atoms with E-state index in [1.807, 2.05) is 44.2 Å². The van der Waals surface area contributed by atoms with Gasteiger partial charge < -0.3 is 10.1 Å². The summed E-state index contributed by atoms with van der Waals surface area (Å²) in [5, 5.41) is 12.9. The van der Waals surface area contributed by atoms with Crippen LogP contribution in [0.25, 0.3) is 0 Å². The van der Waals surface area contributed by atoms with E-state index in [4.69, 9.17) is 4.74 Å². The monoisotopic (exact) mass is 286 g/mol. The standard InChI is InChI=1S/C17H22N2O2/c1-12(2)15(16(20)21-3)19-14-9-17(10-14,11-18)13-7-5-4-6-8-13/h4-8,12,14-15,19H,9-10H2,1-3H3/t14?,15-,17?/m0/s1. The van der Waals surface area contributed by atoms with Gasteiger partial charge in [0.1, 0.15) is 6.04 Å². The summed E-state index contributed by atoms with van der Waals surface area (Å²) in [4.78, 5) is 11.8. The number of hydrogen-bond donors (Lipinski definition) is 1. The molecule has 4 heteroatoms. The molecule has 1 fully saturated rings. The fourth-order valence-corrected chi connectivity index (χ4v) is 2.96. The van der Waals surface area contributed by atoms with E-state index in [2.05, 4.69) is 11.4 Å². The number of ether oxygens (including phenoxy) is 1. The van der Waals surface area contributed by atoms with Gasteiger partial charge in [-0.25, -0.2) is 0 Å². The summed E-state index contributed by atoms with van der Waals surface area (Å²) in [7, 11) is 1.41. The van der Waals surface area contributed by atoms with Crippen molar-refractivity contribution in [3.63, 3.8) is 0 Å². The van der Waals surface area contributed by atoms with Gasteiger partial charge in [0.05, 0.1) is 18.6 Å². The van der Waals surface area contributed by atoms with E-state index in [0.717, 1.165) is 18.4 Å². The van der Waals surface area contributed by atoms with Crippen LogP contribution in [0.15, 0.2) is 30.3 Å². The predicted molar refractivity (Wildman–Crippen MR) is 80.5 cm³/mol. The number of nitrogens with zero attached hydrogens (tertiary/aromatic N) is 1. The van der Waals surface area contributed by atoms with Gasteiger partial charge in [-0.05, 0) is 24.3 Å². The van der Waals surface area contributed by atoms with Crippen molar-refractivity contribution in [1.29, 1.82) is 5.26 Å². The van der Waals surface area contributed by atoms with E-state index in [0.29, 0.717) is 0 Å². The zero-order valence-corrected chi connectivity index (χ0v) is 12.8. The summed E-state index contributed by atoms with van der Waals surface area (Å²) in [6.45, 7) is 3.98. The number of carbonyl (C=O) groups excluding carboxylic acids is 1. The van der Waals surface area contributed by atoms with Gasteiger partial charge in [-0.2, -0.15) is 5.26 Å². The van der Waals surface area contributed by atoms with Crippen molar-refractivity contribution in [2.45, 2.75) is 44.2 Å². The molecule has 1 saturated carbocycles. The third-order valence-electron chi connectivity index (χ3n) is 4.27. The minimum atomic E-state index is -0.420. The van der Waals surface area contributed by atoms with Crippen molar-refractivity contribution in [3.05, 3.63) is 35.9 Å². The summed E-state index contributed by atoms with van der Waals surface area (Å²) in [5.74, 6) is -0.0783. The van der Waals surface area contributed by atoms with Gasteiger partial charge in [0.15, 0.2) is 0 Å². The molecule has 0 heterocycles. The molecule has 0 aliphatic heterocycles. The molecule has 0 spiro atoms. The van der Waals surface area contributed by atoms with Crippen LogP contribution < -0.4 is 5.32 Å². The summed E-state index contributed by atoms with van der Waals surface area (Å²) < 4.78 is 4.84. The van der Waals surface area contributed by atoms with Gasteiger partial charge in [-0.1, -0.05) is 44.2 Å². The lowest BCUT2D eigenvalue weighted by Gasteiger charge is -2.45. The fraction of sp³-hybridized carbons (Fsp3) is 0.529.